The van der Waals surface area contributed by atoms with Gasteiger partial charge in [0.25, 0.3) is 0 Å². The zero-order valence-corrected chi connectivity index (χ0v) is 13.5. The number of rotatable bonds is 5. The summed E-state index contributed by atoms with van der Waals surface area (Å²) < 4.78 is 5.59. The molecule has 22 heavy (non-hydrogen) atoms. The first kappa shape index (κ1) is 15.8. The second-order valence-electron chi connectivity index (χ2n) is 6.11. The van der Waals surface area contributed by atoms with E-state index in [0.29, 0.717) is 25.5 Å². The summed E-state index contributed by atoms with van der Waals surface area (Å²) in [4.78, 5) is 14.7. The third-order valence-electron chi connectivity index (χ3n) is 4.59. The van der Waals surface area contributed by atoms with Crippen LogP contribution < -0.4 is 5.32 Å². The van der Waals surface area contributed by atoms with Crippen molar-refractivity contribution in [2.75, 3.05) is 26.3 Å². The highest BCUT2D eigenvalue weighted by Crippen LogP contribution is 2.20. The fraction of sp³-hybridized carbons (Fsp3) is 0.588. The van der Waals surface area contributed by atoms with E-state index in [0.717, 1.165) is 30.3 Å². The molecule has 120 valence electrons. The molecule has 0 unspecified atom stereocenters. The van der Waals surface area contributed by atoms with Crippen LogP contribution in [0.4, 0.5) is 0 Å². The van der Waals surface area contributed by atoms with Gasteiger partial charge in [0.15, 0.2) is 0 Å². The van der Waals surface area contributed by atoms with E-state index in [-0.39, 0.29) is 11.9 Å². The predicted octanol–water partition coefficient (Wildman–Crippen LogP) is 2.25. The minimum Gasteiger partial charge on any atom is -0.378 e. The van der Waals surface area contributed by atoms with Crippen molar-refractivity contribution in [2.24, 2.45) is 0 Å². The molecule has 2 heterocycles. The average Bonchev–Trinajstić information content (AvgIpc) is 3.17. The highest BCUT2D eigenvalue weighted by atomic mass is 35.5. The number of aryl methyl sites for hydroxylation is 1. The lowest BCUT2D eigenvalue weighted by Crippen LogP contribution is -2.50. The Morgan fingerprint density at radius 2 is 2.05 bits per heavy atom. The third-order valence-corrected chi connectivity index (χ3v) is 4.95. The van der Waals surface area contributed by atoms with E-state index in [2.05, 4.69) is 10.2 Å². The van der Waals surface area contributed by atoms with E-state index in [1.54, 1.807) is 0 Å². The van der Waals surface area contributed by atoms with Crippen LogP contribution in [0.15, 0.2) is 24.3 Å². The molecule has 2 fully saturated rings. The summed E-state index contributed by atoms with van der Waals surface area (Å²) in [6.07, 6.45) is 3.65. The van der Waals surface area contributed by atoms with Crippen LogP contribution in [0.2, 0.25) is 5.02 Å². The summed E-state index contributed by atoms with van der Waals surface area (Å²) in [6, 6.07) is 8.16. The van der Waals surface area contributed by atoms with Crippen molar-refractivity contribution in [3.8, 4) is 0 Å². The Hall–Kier alpha value is -1.10. The number of nitrogens with zero attached hydrogens (tertiary/aromatic N) is 1. The number of carbonyl (C=O) groups is 1. The number of hydrogen-bond donors (Lipinski definition) is 1. The molecular weight excluding hydrogens is 300 g/mol. The number of ether oxygens (including phenoxy) is 1. The molecule has 2 saturated heterocycles. The van der Waals surface area contributed by atoms with E-state index in [1.807, 2.05) is 24.3 Å². The van der Waals surface area contributed by atoms with E-state index in [4.69, 9.17) is 16.3 Å². The molecule has 1 N–H and O–H groups in total. The van der Waals surface area contributed by atoms with Crippen molar-refractivity contribution in [3.05, 3.63) is 34.9 Å². The molecule has 0 aliphatic carbocycles. The number of likely N-dealkylation sites (tertiary alicyclic amines) is 1. The van der Waals surface area contributed by atoms with Gasteiger partial charge in [-0.25, -0.2) is 0 Å². The van der Waals surface area contributed by atoms with Crippen LogP contribution in [0.5, 0.6) is 0 Å². The Balaban J connectivity index is 1.49. The van der Waals surface area contributed by atoms with Crippen LogP contribution >= 0.6 is 11.6 Å². The van der Waals surface area contributed by atoms with Gasteiger partial charge in [-0.2, -0.15) is 0 Å². The SMILES string of the molecule is O=C(CCc1ccccc1Cl)N[C@H]1COC[C@@H]1N1CCCC1. The number of nitrogens with one attached hydrogen (secondary N) is 1. The zero-order chi connectivity index (χ0) is 15.4. The average molecular weight is 323 g/mol. The van der Waals surface area contributed by atoms with Gasteiger partial charge in [0, 0.05) is 11.4 Å². The Bertz CT molecular complexity index is 517. The van der Waals surface area contributed by atoms with Crippen LogP contribution in [0.25, 0.3) is 0 Å². The summed E-state index contributed by atoms with van der Waals surface area (Å²) in [5, 5.41) is 3.88. The van der Waals surface area contributed by atoms with E-state index in [9.17, 15) is 4.79 Å². The molecule has 1 aromatic rings. The highest BCUT2D eigenvalue weighted by molar-refractivity contribution is 6.31. The van der Waals surface area contributed by atoms with Gasteiger partial charge in [0.05, 0.1) is 25.3 Å². The molecule has 0 bridgehead atoms. The number of carbonyl (C=O) groups excluding carboxylic acids is 1. The summed E-state index contributed by atoms with van der Waals surface area (Å²) >= 11 is 6.13. The van der Waals surface area contributed by atoms with Gasteiger partial charge < -0.3 is 10.1 Å². The van der Waals surface area contributed by atoms with Crippen LogP contribution in [-0.4, -0.2) is 49.2 Å². The minimum atomic E-state index is 0.0830. The quantitative estimate of drug-likeness (QED) is 0.904. The topological polar surface area (TPSA) is 41.6 Å². The van der Waals surface area contributed by atoms with Gasteiger partial charge in [-0.05, 0) is 44.0 Å². The molecule has 3 rings (SSSR count). The number of halogens is 1. The monoisotopic (exact) mass is 322 g/mol. The second-order valence-corrected chi connectivity index (χ2v) is 6.52. The van der Waals surface area contributed by atoms with Crippen LogP contribution in [0, 0.1) is 0 Å². The molecule has 1 aromatic carbocycles. The second kappa shape index (κ2) is 7.44. The van der Waals surface area contributed by atoms with Crippen molar-refractivity contribution in [2.45, 2.75) is 37.8 Å². The van der Waals surface area contributed by atoms with Crippen LogP contribution in [0.3, 0.4) is 0 Å². The van der Waals surface area contributed by atoms with E-state index in [1.165, 1.54) is 12.8 Å². The molecule has 4 nitrogen and oxygen atoms in total. The predicted molar refractivity (Wildman–Crippen MR) is 87.1 cm³/mol. The van der Waals surface area contributed by atoms with Crippen LogP contribution in [0.1, 0.15) is 24.8 Å². The van der Waals surface area contributed by atoms with E-state index >= 15 is 0 Å². The summed E-state index contributed by atoms with van der Waals surface area (Å²) in [5.41, 5.74) is 1.03. The Kier molecular flexibility index (Phi) is 5.34. The zero-order valence-electron chi connectivity index (χ0n) is 12.8. The van der Waals surface area contributed by atoms with E-state index < -0.39 is 0 Å². The van der Waals surface area contributed by atoms with Gasteiger partial charge in [-0.15, -0.1) is 0 Å². The third kappa shape index (κ3) is 3.80. The minimum absolute atomic E-state index is 0.0830. The first-order chi connectivity index (χ1) is 10.7. The summed E-state index contributed by atoms with van der Waals surface area (Å²) in [6.45, 7) is 3.61. The lowest BCUT2D eigenvalue weighted by atomic mass is 10.1. The number of hydrogen-bond acceptors (Lipinski definition) is 3. The molecule has 2 aliphatic heterocycles. The first-order valence-corrected chi connectivity index (χ1v) is 8.46. The smallest absolute Gasteiger partial charge is 0.220 e. The molecule has 2 atom stereocenters. The lowest BCUT2D eigenvalue weighted by molar-refractivity contribution is -0.122. The standard InChI is InChI=1S/C17H23ClN2O2/c18-14-6-2-1-5-13(14)7-8-17(21)19-15-11-22-12-16(15)20-9-3-4-10-20/h1-2,5-6,15-16H,3-4,7-12H2,(H,19,21)/t15-,16-/m0/s1. The molecule has 1 amide bonds. The summed E-state index contributed by atoms with van der Waals surface area (Å²) in [5.74, 6) is 0.0830. The first-order valence-electron chi connectivity index (χ1n) is 8.08. The molecule has 2 aliphatic rings. The molecule has 0 saturated carbocycles. The Morgan fingerprint density at radius 1 is 1.27 bits per heavy atom. The molecule has 0 spiro atoms. The van der Waals surface area contributed by atoms with Gasteiger partial charge in [0.2, 0.25) is 5.91 Å². The van der Waals surface area contributed by atoms with Crippen molar-refractivity contribution in [1.82, 2.24) is 10.2 Å². The lowest BCUT2D eigenvalue weighted by Gasteiger charge is -2.27. The highest BCUT2D eigenvalue weighted by Gasteiger charge is 2.35. The molecule has 0 aromatic heterocycles. The van der Waals surface area contributed by atoms with Crippen molar-refractivity contribution >= 4 is 17.5 Å². The van der Waals surface area contributed by atoms with Gasteiger partial charge in [-0.1, -0.05) is 29.8 Å². The van der Waals surface area contributed by atoms with Crippen molar-refractivity contribution in [3.63, 3.8) is 0 Å². The summed E-state index contributed by atoms with van der Waals surface area (Å²) in [7, 11) is 0. The van der Waals surface area contributed by atoms with Gasteiger partial charge in [-0.3, -0.25) is 9.69 Å². The molecule has 0 radical (unpaired) electrons. The Morgan fingerprint density at radius 3 is 2.82 bits per heavy atom. The van der Waals surface area contributed by atoms with Crippen molar-refractivity contribution in [1.29, 1.82) is 0 Å². The maximum absolute atomic E-state index is 12.2. The maximum atomic E-state index is 12.2. The Labute approximate surface area is 136 Å². The fourth-order valence-corrected chi connectivity index (χ4v) is 3.57. The normalized spacial score (nSPS) is 25.5. The fourth-order valence-electron chi connectivity index (χ4n) is 3.34. The number of benzene rings is 1. The number of amides is 1. The van der Waals surface area contributed by atoms with Gasteiger partial charge in [0.1, 0.15) is 0 Å². The maximum Gasteiger partial charge on any atom is 0.220 e. The molecular formula is C17H23ClN2O2. The largest absolute Gasteiger partial charge is 0.378 e. The van der Waals surface area contributed by atoms with Gasteiger partial charge >= 0.3 is 0 Å². The van der Waals surface area contributed by atoms with Crippen LogP contribution in [-0.2, 0) is 16.0 Å². The molecule has 5 heteroatoms. The van der Waals surface area contributed by atoms with Crippen molar-refractivity contribution < 1.29 is 9.53 Å².